The van der Waals surface area contributed by atoms with Gasteiger partial charge in [0.05, 0.1) is 29.2 Å². The summed E-state index contributed by atoms with van der Waals surface area (Å²) in [4.78, 5) is 24.8. The zero-order chi connectivity index (χ0) is 18.5. The van der Waals surface area contributed by atoms with Crippen LogP contribution in [0.5, 0.6) is 0 Å². The Morgan fingerprint density at radius 3 is 2.74 bits per heavy atom. The summed E-state index contributed by atoms with van der Waals surface area (Å²) in [5.41, 5.74) is 3.98. The summed E-state index contributed by atoms with van der Waals surface area (Å²) < 4.78 is 1.82. The highest BCUT2D eigenvalue weighted by Gasteiger charge is 2.20. The molecule has 0 fully saturated rings. The molecule has 2 N–H and O–H groups in total. The Bertz CT molecular complexity index is 1140. The van der Waals surface area contributed by atoms with Crippen LogP contribution in [-0.4, -0.2) is 36.2 Å². The van der Waals surface area contributed by atoms with Crippen molar-refractivity contribution in [2.75, 3.05) is 0 Å². The van der Waals surface area contributed by atoms with Crippen LogP contribution in [0.25, 0.3) is 33.3 Å². The fourth-order valence-electron chi connectivity index (χ4n) is 3.00. The molecule has 7 nitrogen and oxygen atoms in total. The molecule has 8 heteroatoms. The van der Waals surface area contributed by atoms with E-state index in [2.05, 4.69) is 20.4 Å². The normalized spacial score (nSPS) is 11.6. The summed E-state index contributed by atoms with van der Waals surface area (Å²) in [5.74, 6) is -0.171. The van der Waals surface area contributed by atoms with E-state index in [1.807, 2.05) is 56.9 Å². The van der Waals surface area contributed by atoms with Crippen LogP contribution in [0.1, 0.15) is 31.1 Å². The van der Waals surface area contributed by atoms with E-state index >= 15 is 0 Å². The van der Waals surface area contributed by atoms with Crippen LogP contribution in [0.3, 0.4) is 0 Å². The van der Waals surface area contributed by atoms with Gasteiger partial charge in [-0.15, -0.1) is 12.4 Å². The number of carbonyl (C=O) groups excluding carboxylic acids is 1. The Hall–Kier alpha value is -2.93. The first kappa shape index (κ1) is 18.8. The first-order valence-corrected chi connectivity index (χ1v) is 8.41. The van der Waals surface area contributed by atoms with Gasteiger partial charge in [-0.05, 0) is 26.8 Å². The lowest BCUT2D eigenvalue weighted by molar-refractivity contribution is 0.0921. The minimum Gasteiger partial charge on any atom is -0.347 e. The lowest BCUT2D eigenvalue weighted by atomic mass is 10.1. The van der Waals surface area contributed by atoms with Gasteiger partial charge < -0.3 is 10.3 Å². The fraction of sp³-hybridized carbons (Fsp3) is 0.263. The molecule has 0 aliphatic rings. The summed E-state index contributed by atoms with van der Waals surface area (Å²) in [7, 11) is 1.90. The molecular formula is C19H21ClN6O. The maximum Gasteiger partial charge on any atom is 0.255 e. The molecule has 0 radical (unpaired) electrons. The Kier molecular flexibility index (Phi) is 4.65. The van der Waals surface area contributed by atoms with Crippen molar-refractivity contribution in [3.05, 3.63) is 42.4 Å². The maximum absolute atomic E-state index is 12.6. The van der Waals surface area contributed by atoms with Crippen molar-refractivity contribution in [1.29, 1.82) is 0 Å². The third-order valence-corrected chi connectivity index (χ3v) is 4.18. The number of H-pyrrole nitrogens is 1. The molecule has 0 unspecified atom stereocenters. The lowest BCUT2D eigenvalue weighted by Gasteiger charge is -2.20. The highest BCUT2D eigenvalue weighted by atomic mass is 35.5. The number of aromatic nitrogens is 5. The largest absolute Gasteiger partial charge is 0.347 e. The number of benzene rings is 1. The monoisotopic (exact) mass is 384 g/mol. The molecule has 0 bridgehead atoms. The number of aromatic amines is 1. The van der Waals surface area contributed by atoms with Crippen LogP contribution in [0, 0.1) is 0 Å². The van der Waals surface area contributed by atoms with E-state index < -0.39 is 0 Å². The average molecular weight is 385 g/mol. The van der Waals surface area contributed by atoms with E-state index in [0.29, 0.717) is 22.4 Å². The van der Waals surface area contributed by atoms with Crippen LogP contribution < -0.4 is 5.32 Å². The van der Waals surface area contributed by atoms with Crippen LogP contribution in [-0.2, 0) is 7.05 Å². The fourth-order valence-corrected chi connectivity index (χ4v) is 3.00. The predicted octanol–water partition coefficient (Wildman–Crippen LogP) is 3.46. The summed E-state index contributed by atoms with van der Waals surface area (Å²) in [6.45, 7) is 5.83. The zero-order valence-corrected chi connectivity index (χ0v) is 16.4. The van der Waals surface area contributed by atoms with Crippen molar-refractivity contribution in [3.8, 4) is 11.3 Å². The second-order valence-corrected chi connectivity index (χ2v) is 7.37. The molecule has 0 atom stereocenters. The highest BCUT2D eigenvalue weighted by Crippen LogP contribution is 2.28. The molecule has 1 aromatic carbocycles. The van der Waals surface area contributed by atoms with Crippen LogP contribution in [0.4, 0.5) is 0 Å². The lowest BCUT2D eigenvalue weighted by Crippen LogP contribution is -2.40. The standard InChI is InChI=1S/C19H20N6O.ClH/c1-19(2,3)24-18(26)13-8-20-17-16(13)23-14(10-21-17)11-6-5-7-15-12(11)9-22-25(15)4;/h5-10H,1-4H3,(H,20,21)(H,24,26);1H. The molecule has 27 heavy (non-hydrogen) atoms. The molecule has 0 aliphatic carbocycles. The number of carbonyl (C=O) groups is 1. The number of halogens is 1. The molecule has 4 aromatic rings. The molecule has 4 rings (SSSR count). The van der Waals surface area contributed by atoms with Crippen LogP contribution >= 0.6 is 12.4 Å². The number of rotatable bonds is 2. The third-order valence-electron chi connectivity index (χ3n) is 4.18. The van der Waals surface area contributed by atoms with Gasteiger partial charge in [0, 0.05) is 29.7 Å². The van der Waals surface area contributed by atoms with E-state index in [-0.39, 0.29) is 23.9 Å². The SMILES string of the molecule is Cl.Cn1ncc2c(-c3cnc4[nH]cc(C(=O)NC(C)(C)C)c4n3)cccc21. The van der Waals surface area contributed by atoms with E-state index in [4.69, 9.17) is 4.98 Å². The van der Waals surface area contributed by atoms with Crippen molar-refractivity contribution in [2.24, 2.45) is 7.05 Å². The molecule has 3 aromatic heterocycles. The minimum absolute atomic E-state index is 0. The van der Waals surface area contributed by atoms with E-state index in [1.54, 1.807) is 12.4 Å². The predicted molar refractivity (Wildman–Crippen MR) is 108 cm³/mol. The Balaban J connectivity index is 0.00000210. The quantitative estimate of drug-likeness (QED) is 0.554. The topological polar surface area (TPSA) is 88.5 Å². The van der Waals surface area contributed by atoms with E-state index in [0.717, 1.165) is 16.5 Å². The Morgan fingerprint density at radius 2 is 2.00 bits per heavy atom. The summed E-state index contributed by atoms with van der Waals surface area (Å²) in [6, 6.07) is 5.97. The Labute approximate surface area is 162 Å². The summed E-state index contributed by atoms with van der Waals surface area (Å²) in [5, 5.41) is 8.28. The number of amides is 1. The van der Waals surface area contributed by atoms with Gasteiger partial charge in [0.2, 0.25) is 0 Å². The average Bonchev–Trinajstić information content (AvgIpc) is 3.16. The first-order valence-electron chi connectivity index (χ1n) is 8.41. The molecule has 1 amide bonds. The van der Waals surface area contributed by atoms with Crippen molar-refractivity contribution in [2.45, 2.75) is 26.3 Å². The minimum atomic E-state index is -0.326. The van der Waals surface area contributed by atoms with Gasteiger partial charge in [-0.25, -0.2) is 9.97 Å². The van der Waals surface area contributed by atoms with Crippen LogP contribution in [0.2, 0.25) is 0 Å². The number of nitrogens with zero attached hydrogens (tertiary/aromatic N) is 4. The first-order chi connectivity index (χ1) is 12.3. The van der Waals surface area contributed by atoms with Crippen molar-refractivity contribution < 1.29 is 4.79 Å². The van der Waals surface area contributed by atoms with E-state index in [1.165, 1.54) is 0 Å². The van der Waals surface area contributed by atoms with Crippen LogP contribution in [0.15, 0.2) is 36.8 Å². The molecule has 0 aliphatic heterocycles. The molecule has 0 spiro atoms. The molecular weight excluding hydrogens is 364 g/mol. The second kappa shape index (κ2) is 6.66. The third kappa shape index (κ3) is 3.38. The molecule has 3 heterocycles. The van der Waals surface area contributed by atoms with Gasteiger partial charge in [-0.1, -0.05) is 12.1 Å². The van der Waals surface area contributed by atoms with Gasteiger partial charge in [0.1, 0.15) is 5.52 Å². The highest BCUT2D eigenvalue weighted by molar-refractivity contribution is 6.05. The van der Waals surface area contributed by atoms with Gasteiger partial charge in [-0.3, -0.25) is 9.48 Å². The summed E-state index contributed by atoms with van der Waals surface area (Å²) >= 11 is 0. The van der Waals surface area contributed by atoms with Gasteiger partial charge >= 0.3 is 0 Å². The molecule has 0 saturated heterocycles. The summed E-state index contributed by atoms with van der Waals surface area (Å²) in [6.07, 6.45) is 5.19. The van der Waals surface area contributed by atoms with Crippen molar-refractivity contribution in [1.82, 2.24) is 30.0 Å². The number of hydrogen-bond donors (Lipinski definition) is 2. The number of aryl methyl sites for hydroxylation is 1. The number of hydrogen-bond acceptors (Lipinski definition) is 4. The van der Waals surface area contributed by atoms with Crippen molar-refractivity contribution >= 4 is 40.4 Å². The maximum atomic E-state index is 12.6. The zero-order valence-electron chi connectivity index (χ0n) is 15.6. The number of nitrogens with one attached hydrogen (secondary N) is 2. The number of fused-ring (bicyclic) bond motifs is 2. The molecule has 0 saturated carbocycles. The second-order valence-electron chi connectivity index (χ2n) is 7.37. The van der Waals surface area contributed by atoms with E-state index in [9.17, 15) is 4.79 Å². The molecule has 140 valence electrons. The van der Waals surface area contributed by atoms with Gasteiger partial charge in [0.15, 0.2) is 5.65 Å². The van der Waals surface area contributed by atoms with Gasteiger partial charge in [0.25, 0.3) is 5.91 Å². The van der Waals surface area contributed by atoms with Crippen molar-refractivity contribution in [3.63, 3.8) is 0 Å². The smallest absolute Gasteiger partial charge is 0.255 e. The Morgan fingerprint density at radius 1 is 1.22 bits per heavy atom. The van der Waals surface area contributed by atoms with Gasteiger partial charge in [-0.2, -0.15) is 5.10 Å².